The minimum atomic E-state index is 0.512. The molecule has 0 spiro atoms. The molecule has 0 atom stereocenters. The number of thioether (sulfide) groups is 1. The fourth-order valence-corrected chi connectivity index (χ4v) is 3.95. The van der Waals surface area contributed by atoms with Gasteiger partial charge in [0, 0.05) is 36.3 Å². The van der Waals surface area contributed by atoms with Crippen LogP contribution in [0.25, 0.3) is 0 Å². The highest BCUT2D eigenvalue weighted by Gasteiger charge is 2.32. The van der Waals surface area contributed by atoms with Crippen molar-refractivity contribution in [2.75, 3.05) is 12.8 Å². The van der Waals surface area contributed by atoms with Crippen LogP contribution in [0.3, 0.4) is 0 Å². The number of aromatic nitrogens is 1. The Labute approximate surface area is 116 Å². The fourth-order valence-electron chi connectivity index (χ4n) is 3.01. The van der Waals surface area contributed by atoms with Crippen molar-refractivity contribution in [1.82, 2.24) is 9.88 Å². The van der Waals surface area contributed by atoms with E-state index < -0.39 is 0 Å². The van der Waals surface area contributed by atoms with Gasteiger partial charge in [-0.2, -0.15) is 11.8 Å². The molecule has 1 aliphatic rings. The molecule has 1 aromatic rings. The van der Waals surface area contributed by atoms with E-state index in [0.717, 1.165) is 13.1 Å². The molecule has 1 saturated carbocycles. The average Bonchev–Trinajstić information content (AvgIpc) is 2.93. The summed E-state index contributed by atoms with van der Waals surface area (Å²) in [6.45, 7) is 6.55. The predicted octanol–water partition coefficient (Wildman–Crippen LogP) is 3.41. The van der Waals surface area contributed by atoms with Crippen molar-refractivity contribution in [2.45, 2.75) is 50.8 Å². The van der Waals surface area contributed by atoms with Gasteiger partial charge in [0.2, 0.25) is 0 Å². The van der Waals surface area contributed by atoms with E-state index in [0.29, 0.717) is 4.75 Å². The summed E-state index contributed by atoms with van der Waals surface area (Å²) in [6, 6.07) is 2.31. The third-order valence-electron chi connectivity index (χ3n) is 4.59. The first-order valence-corrected chi connectivity index (χ1v) is 8.18. The summed E-state index contributed by atoms with van der Waals surface area (Å²) >= 11 is 2.06. The molecule has 1 aliphatic carbocycles. The molecule has 1 aromatic heterocycles. The maximum absolute atomic E-state index is 3.68. The van der Waals surface area contributed by atoms with Crippen LogP contribution in [-0.4, -0.2) is 22.1 Å². The molecule has 0 aromatic carbocycles. The molecule has 1 fully saturated rings. The van der Waals surface area contributed by atoms with Crippen molar-refractivity contribution in [3.63, 3.8) is 0 Å². The van der Waals surface area contributed by atoms with Gasteiger partial charge in [-0.25, -0.2) is 0 Å². The summed E-state index contributed by atoms with van der Waals surface area (Å²) in [4.78, 5) is 0. The van der Waals surface area contributed by atoms with E-state index in [4.69, 9.17) is 0 Å². The molecule has 0 amide bonds. The monoisotopic (exact) mass is 266 g/mol. The Balaban J connectivity index is 1.90. The number of hydrogen-bond donors (Lipinski definition) is 1. The number of nitrogens with zero attached hydrogens (tertiary/aromatic N) is 1. The van der Waals surface area contributed by atoms with E-state index in [-0.39, 0.29) is 0 Å². The first-order valence-electron chi connectivity index (χ1n) is 6.96. The Morgan fingerprint density at radius 2 is 2.00 bits per heavy atom. The van der Waals surface area contributed by atoms with Crippen molar-refractivity contribution in [3.8, 4) is 0 Å². The smallest absolute Gasteiger partial charge is 0.0281 e. The zero-order valence-corrected chi connectivity index (χ0v) is 13.0. The first-order chi connectivity index (χ1) is 8.58. The summed E-state index contributed by atoms with van der Waals surface area (Å²) in [6.07, 6.45) is 7.85. The third-order valence-corrected chi connectivity index (χ3v) is 6.01. The zero-order valence-electron chi connectivity index (χ0n) is 12.2. The van der Waals surface area contributed by atoms with E-state index in [2.05, 4.69) is 54.9 Å². The molecule has 0 bridgehead atoms. The topological polar surface area (TPSA) is 17.0 Å². The second-order valence-electron chi connectivity index (χ2n) is 5.65. The van der Waals surface area contributed by atoms with E-state index >= 15 is 0 Å². The minimum absolute atomic E-state index is 0.512. The normalized spacial score (nSPS) is 18.4. The van der Waals surface area contributed by atoms with Crippen LogP contribution in [0.4, 0.5) is 0 Å². The molecule has 2 rings (SSSR count). The molecule has 3 heteroatoms. The molecule has 0 aliphatic heterocycles. The van der Waals surface area contributed by atoms with E-state index in [1.807, 2.05) is 0 Å². The second-order valence-corrected chi connectivity index (χ2v) is 6.93. The highest BCUT2D eigenvalue weighted by molar-refractivity contribution is 8.00. The maximum Gasteiger partial charge on any atom is 0.0281 e. The van der Waals surface area contributed by atoms with Crippen molar-refractivity contribution in [1.29, 1.82) is 0 Å². The van der Waals surface area contributed by atoms with Crippen molar-refractivity contribution >= 4 is 11.8 Å². The Hall–Kier alpha value is -0.410. The van der Waals surface area contributed by atoms with Gasteiger partial charge in [-0.3, -0.25) is 0 Å². The lowest BCUT2D eigenvalue weighted by molar-refractivity contribution is 0.533. The standard InChI is InChI=1S/C15H26N2S/c1-12-9-14(13(2)17(12)3)10-16-11-15(18-4)7-5-6-8-15/h9,16H,5-8,10-11H2,1-4H3. The third kappa shape index (κ3) is 2.77. The molecule has 102 valence electrons. The van der Waals surface area contributed by atoms with Gasteiger partial charge in [0.1, 0.15) is 0 Å². The molecule has 0 unspecified atom stereocenters. The van der Waals surface area contributed by atoms with Crippen LogP contribution < -0.4 is 5.32 Å². The summed E-state index contributed by atoms with van der Waals surface area (Å²) in [5, 5.41) is 3.68. The summed E-state index contributed by atoms with van der Waals surface area (Å²) < 4.78 is 2.79. The van der Waals surface area contributed by atoms with Gasteiger partial charge in [0.25, 0.3) is 0 Å². The van der Waals surface area contributed by atoms with Crippen LogP contribution in [0.1, 0.15) is 42.6 Å². The van der Waals surface area contributed by atoms with Gasteiger partial charge in [-0.15, -0.1) is 0 Å². The van der Waals surface area contributed by atoms with Gasteiger partial charge in [-0.05, 0) is 44.6 Å². The van der Waals surface area contributed by atoms with E-state index in [1.54, 1.807) is 0 Å². The number of hydrogen-bond acceptors (Lipinski definition) is 2. The molecule has 0 radical (unpaired) electrons. The Kier molecular flexibility index (Phi) is 4.44. The molecular weight excluding hydrogens is 240 g/mol. The zero-order chi connectivity index (χ0) is 13.2. The molecule has 0 saturated heterocycles. The molecule has 2 nitrogen and oxygen atoms in total. The maximum atomic E-state index is 3.68. The SMILES string of the molecule is CSC1(CNCc2cc(C)n(C)c2C)CCCC1. The van der Waals surface area contributed by atoms with E-state index in [1.165, 1.54) is 42.6 Å². The molecule has 18 heavy (non-hydrogen) atoms. The minimum Gasteiger partial charge on any atom is -0.352 e. The van der Waals surface area contributed by atoms with Gasteiger partial charge in [-0.1, -0.05) is 12.8 Å². The van der Waals surface area contributed by atoms with Crippen LogP contribution in [0.5, 0.6) is 0 Å². The Morgan fingerprint density at radius 3 is 2.50 bits per heavy atom. The highest BCUT2D eigenvalue weighted by Crippen LogP contribution is 2.39. The van der Waals surface area contributed by atoms with Gasteiger partial charge in [0.05, 0.1) is 0 Å². The highest BCUT2D eigenvalue weighted by atomic mass is 32.2. The average molecular weight is 266 g/mol. The summed E-state index contributed by atoms with van der Waals surface area (Å²) in [5.74, 6) is 0. The Bertz CT molecular complexity index is 403. The van der Waals surface area contributed by atoms with E-state index in [9.17, 15) is 0 Å². The van der Waals surface area contributed by atoms with Gasteiger partial charge in [0.15, 0.2) is 0 Å². The van der Waals surface area contributed by atoms with Crippen molar-refractivity contribution in [2.24, 2.45) is 7.05 Å². The molecular formula is C15H26N2S. The summed E-state index contributed by atoms with van der Waals surface area (Å²) in [5.41, 5.74) is 4.19. The van der Waals surface area contributed by atoms with Crippen molar-refractivity contribution < 1.29 is 0 Å². The Morgan fingerprint density at radius 1 is 1.33 bits per heavy atom. The quantitative estimate of drug-likeness (QED) is 0.879. The van der Waals surface area contributed by atoms with Crippen LogP contribution in [0, 0.1) is 13.8 Å². The lowest BCUT2D eigenvalue weighted by atomic mass is 10.1. The van der Waals surface area contributed by atoms with Gasteiger partial charge >= 0.3 is 0 Å². The first kappa shape index (κ1) is 14.0. The lowest BCUT2D eigenvalue weighted by Crippen LogP contribution is -2.34. The largest absolute Gasteiger partial charge is 0.352 e. The molecule has 1 N–H and O–H groups in total. The molecule has 1 heterocycles. The van der Waals surface area contributed by atoms with Crippen LogP contribution >= 0.6 is 11.8 Å². The number of nitrogens with one attached hydrogen (secondary N) is 1. The number of rotatable bonds is 5. The second kappa shape index (κ2) is 5.70. The lowest BCUT2D eigenvalue weighted by Gasteiger charge is -2.27. The fraction of sp³-hybridized carbons (Fsp3) is 0.733. The van der Waals surface area contributed by atoms with Crippen molar-refractivity contribution in [3.05, 3.63) is 23.0 Å². The van der Waals surface area contributed by atoms with Crippen LogP contribution in [0.15, 0.2) is 6.07 Å². The predicted molar refractivity (Wildman–Crippen MR) is 81.3 cm³/mol. The van der Waals surface area contributed by atoms with Crippen LogP contribution in [0.2, 0.25) is 0 Å². The van der Waals surface area contributed by atoms with Crippen LogP contribution in [-0.2, 0) is 13.6 Å². The van der Waals surface area contributed by atoms with Gasteiger partial charge < -0.3 is 9.88 Å². The summed E-state index contributed by atoms with van der Waals surface area (Å²) in [7, 11) is 2.15. The number of aryl methyl sites for hydroxylation is 1.